The first-order chi connectivity index (χ1) is 9.83. The van der Waals surface area contributed by atoms with Crippen LogP contribution in [0, 0.1) is 0 Å². The van der Waals surface area contributed by atoms with E-state index in [1.165, 1.54) is 0 Å². The third-order valence-electron chi connectivity index (χ3n) is 3.34. The topological polar surface area (TPSA) is 29.1 Å². The highest BCUT2D eigenvalue weighted by Gasteiger charge is 2.23. The van der Waals surface area contributed by atoms with Crippen LogP contribution in [0.25, 0.3) is 0 Å². The van der Waals surface area contributed by atoms with Crippen LogP contribution in [-0.4, -0.2) is 12.5 Å². The van der Waals surface area contributed by atoms with Crippen molar-refractivity contribution in [3.05, 3.63) is 71.8 Å². The Morgan fingerprint density at radius 3 is 2.75 bits per heavy atom. The van der Waals surface area contributed by atoms with Gasteiger partial charge in [0, 0.05) is 6.54 Å². The third-order valence-corrected chi connectivity index (χ3v) is 3.34. The molecule has 2 heteroatoms. The number of hydrogen-bond acceptors (Lipinski definition) is 1. The van der Waals surface area contributed by atoms with Crippen LogP contribution < -0.4 is 5.32 Å². The molecule has 1 aromatic rings. The van der Waals surface area contributed by atoms with Gasteiger partial charge in [-0.25, -0.2) is 0 Å². The van der Waals surface area contributed by atoms with E-state index in [0.29, 0.717) is 0 Å². The number of nitrogens with one attached hydrogen (secondary N) is 1. The Kier molecular flexibility index (Phi) is 5.36. The molecular formula is C18H21NO. The van der Waals surface area contributed by atoms with Gasteiger partial charge in [0.05, 0.1) is 5.92 Å². The van der Waals surface area contributed by atoms with Crippen molar-refractivity contribution in [1.82, 2.24) is 5.32 Å². The lowest BCUT2D eigenvalue weighted by Crippen LogP contribution is -2.31. The zero-order chi connectivity index (χ0) is 14.2. The van der Waals surface area contributed by atoms with Crippen molar-refractivity contribution in [3.63, 3.8) is 0 Å². The van der Waals surface area contributed by atoms with Crippen LogP contribution >= 0.6 is 0 Å². The number of carbonyl (C=O) groups excluding carboxylic acids is 1. The summed E-state index contributed by atoms with van der Waals surface area (Å²) in [6.45, 7) is 2.79. The molecule has 104 valence electrons. The Balaban J connectivity index is 2.29. The Hall–Kier alpha value is -2.09. The lowest BCUT2D eigenvalue weighted by atomic mass is 9.88. The van der Waals surface area contributed by atoms with Crippen molar-refractivity contribution < 1.29 is 4.79 Å². The van der Waals surface area contributed by atoms with Crippen molar-refractivity contribution in [3.8, 4) is 0 Å². The first-order valence-electron chi connectivity index (χ1n) is 7.18. The van der Waals surface area contributed by atoms with Gasteiger partial charge in [0.2, 0.25) is 5.91 Å². The molecule has 0 saturated heterocycles. The van der Waals surface area contributed by atoms with E-state index in [1.54, 1.807) is 0 Å². The van der Waals surface area contributed by atoms with Crippen LogP contribution in [-0.2, 0) is 4.79 Å². The number of hydrogen-bond donors (Lipinski definition) is 1. The maximum absolute atomic E-state index is 12.5. The molecule has 1 aliphatic rings. The number of allylic oxidation sites excluding steroid dienone is 5. The van der Waals surface area contributed by atoms with Gasteiger partial charge in [-0.05, 0) is 24.0 Å². The molecule has 2 nitrogen and oxygen atoms in total. The summed E-state index contributed by atoms with van der Waals surface area (Å²) in [4.78, 5) is 12.5. The van der Waals surface area contributed by atoms with Gasteiger partial charge in [0.1, 0.15) is 0 Å². The Bertz CT molecular complexity index is 526. The molecule has 2 rings (SSSR count). The van der Waals surface area contributed by atoms with Gasteiger partial charge in [-0.1, -0.05) is 67.6 Å². The molecule has 0 heterocycles. The summed E-state index contributed by atoms with van der Waals surface area (Å²) in [7, 11) is 0. The minimum Gasteiger partial charge on any atom is -0.355 e. The van der Waals surface area contributed by atoms with E-state index in [1.807, 2.05) is 48.6 Å². The highest BCUT2D eigenvalue weighted by molar-refractivity contribution is 5.87. The van der Waals surface area contributed by atoms with Crippen molar-refractivity contribution in [2.75, 3.05) is 6.54 Å². The van der Waals surface area contributed by atoms with E-state index in [4.69, 9.17) is 0 Å². The molecule has 0 spiro atoms. The van der Waals surface area contributed by atoms with Gasteiger partial charge < -0.3 is 5.32 Å². The van der Waals surface area contributed by atoms with Gasteiger partial charge in [-0.3, -0.25) is 4.79 Å². The SMILES string of the molecule is CCCNC(=O)C(C1=CC=CC=CC1)c1ccccc1. The second kappa shape index (κ2) is 7.49. The quantitative estimate of drug-likeness (QED) is 0.865. The minimum absolute atomic E-state index is 0.0907. The predicted molar refractivity (Wildman–Crippen MR) is 83.5 cm³/mol. The summed E-state index contributed by atoms with van der Waals surface area (Å²) in [5, 5.41) is 3.02. The lowest BCUT2D eigenvalue weighted by molar-refractivity contribution is -0.121. The second-order valence-electron chi connectivity index (χ2n) is 4.89. The van der Waals surface area contributed by atoms with E-state index >= 15 is 0 Å². The Labute approximate surface area is 120 Å². The molecule has 1 amide bonds. The van der Waals surface area contributed by atoms with Gasteiger partial charge >= 0.3 is 0 Å². The van der Waals surface area contributed by atoms with Crippen LogP contribution in [0.3, 0.4) is 0 Å². The van der Waals surface area contributed by atoms with E-state index < -0.39 is 0 Å². The highest BCUT2D eigenvalue weighted by Crippen LogP contribution is 2.28. The molecule has 1 aliphatic carbocycles. The van der Waals surface area contributed by atoms with Crippen molar-refractivity contribution in [1.29, 1.82) is 0 Å². The number of rotatable bonds is 5. The second-order valence-corrected chi connectivity index (χ2v) is 4.89. The van der Waals surface area contributed by atoms with E-state index in [-0.39, 0.29) is 11.8 Å². The Morgan fingerprint density at radius 1 is 1.20 bits per heavy atom. The van der Waals surface area contributed by atoms with Crippen molar-refractivity contribution in [2.45, 2.75) is 25.7 Å². The molecule has 20 heavy (non-hydrogen) atoms. The number of carbonyl (C=O) groups is 1. The fraction of sp³-hybridized carbons (Fsp3) is 0.278. The lowest BCUT2D eigenvalue weighted by Gasteiger charge is -2.19. The van der Waals surface area contributed by atoms with Gasteiger partial charge in [0.15, 0.2) is 0 Å². The summed E-state index contributed by atoms with van der Waals surface area (Å²) in [6, 6.07) is 9.99. The molecule has 1 unspecified atom stereocenters. The minimum atomic E-state index is -0.199. The van der Waals surface area contributed by atoms with Gasteiger partial charge in [-0.2, -0.15) is 0 Å². The average molecular weight is 267 g/mol. The van der Waals surface area contributed by atoms with E-state index in [2.05, 4.69) is 24.4 Å². The summed E-state index contributed by atoms with van der Waals surface area (Å²) in [5.41, 5.74) is 2.19. The molecule has 0 saturated carbocycles. The average Bonchev–Trinajstić information content (AvgIpc) is 2.76. The Morgan fingerprint density at radius 2 is 2.00 bits per heavy atom. The van der Waals surface area contributed by atoms with Crippen molar-refractivity contribution in [2.24, 2.45) is 0 Å². The molecule has 1 aromatic carbocycles. The molecule has 1 atom stereocenters. The monoisotopic (exact) mass is 267 g/mol. The van der Waals surface area contributed by atoms with Gasteiger partial charge in [0.25, 0.3) is 0 Å². The van der Waals surface area contributed by atoms with Gasteiger partial charge in [-0.15, -0.1) is 0 Å². The zero-order valence-electron chi connectivity index (χ0n) is 11.9. The van der Waals surface area contributed by atoms with Crippen LogP contribution in [0.1, 0.15) is 31.2 Å². The summed E-state index contributed by atoms with van der Waals surface area (Å²) in [6.07, 6.45) is 11.9. The first-order valence-corrected chi connectivity index (χ1v) is 7.18. The highest BCUT2D eigenvalue weighted by atomic mass is 16.1. The largest absolute Gasteiger partial charge is 0.355 e. The molecule has 0 aromatic heterocycles. The molecule has 0 radical (unpaired) electrons. The maximum atomic E-state index is 12.5. The predicted octanol–water partition coefficient (Wildman–Crippen LogP) is 3.74. The maximum Gasteiger partial charge on any atom is 0.231 e. The molecule has 0 fully saturated rings. The summed E-state index contributed by atoms with van der Waals surface area (Å²) < 4.78 is 0. The van der Waals surface area contributed by atoms with Crippen LogP contribution in [0.2, 0.25) is 0 Å². The normalized spacial score (nSPS) is 15.3. The van der Waals surface area contributed by atoms with Crippen molar-refractivity contribution >= 4 is 5.91 Å². The number of benzene rings is 1. The fourth-order valence-corrected chi connectivity index (χ4v) is 2.34. The third kappa shape index (κ3) is 3.70. The standard InChI is InChI=1S/C18H21NO/c1-2-14-19-18(20)17(16-12-8-5-9-13-16)15-10-6-3-4-7-11-15/h3-10,12-13,17H,2,11,14H2,1H3,(H,19,20). The van der Waals surface area contributed by atoms with E-state index in [0.717, 1.165) is 30.5 Å². The molecule has 1 N–H and O–H groups in total. The zero-order valence-corrected chi connectivity index (χ0v) is 11.9. The van der Waals surface area contributed by atoms with Crippen LogP contribution in [0.4, 0.5) is 0 Å². The van der Waals surface area contributed by atoms with Crippen LogP contribution in [0.15, 0.2) is 66.3 Å². The first kappa shape index (κ1) is 14.3. The molecular weight excluding hydrogens is 246 g/mol. The van der Waals surface area contributed by atoms with Crippen LogP contribution in [0.5, 0.6) is 0 Å². The fourth-order valence-electron chi connectivity index (χ4n) is 2.34. The molecule has 0 aliphatic heterocycles. The summed E-state index contributed by atoms with van der Waals surface area (Å²) in [5.74, 6) is -0.108. The molecule has 0 bridgehead atoms. The smallest absolute Gasteiger partial charge is 0.231 e. The summed E-state index contributed by atoms with van der Waals surface area (Å²) >= 11 is 0. The number of amides is 1. The van der Waals surface area contributed by atoms with E-state index in [9.17, 15) is 4.79 Å².